The van der Waals surface area contributed by atoms with Crippen LogP contribution in [0.15, 0.2) is 35.2 Å². The van der Waals surface area contributed by atoms with Crippen molar-refractivity contribution < 1.29 is 13.2 Å². The standard InChI is InChI=1S/C25H35N3O3S/c1-18-16-23(19(2)28(18)21-8-9-21)24(29)17-26-12-14-27(15-13-26)32(30,31)22-10-6-20(7-11-22)25(3,4)5/h6-7,10-11,16,21H,8-9,12-15,17H2,1-5H3. The van der Waals surface area contributed by atoms with Crippen molar-refractivity contribution in [1.29, 1.82) is 0 Å². The molecule has 6 nitrogen and oxygen atoms in total. The SMILES string of the molecule is Cc1cc(C(=O)CN2CCN(S(=O)(=O)c3ccc(C(C)(C)C)cc3)CC2)c(C)n1C1CC1. The molecule has 2 aliphatic rings. The van der Waals surface area contributed by atoms with Crippen LogP contribution in [0.25, 0.3) is 0 Å². The van der Waals surface area contributed by atoms with E-state index in [1.165, 1.54) is 12.8 Å². The normalized spacial score (nSPS) is 18.8. The van der Waals surface area contributed by atoms with Gasteiger partial charge in [0.15, 0.2) is 5.78 Å². The van der Waals surface area contributed by atoms with Crippen LogP contribution in [0.5, 0.6) is 0 Å². The molecule has 7 heteroatoms. The number of hydrogen-bond donors (Lipinski definition) is 0. The smallest absolute Gasteiger partial charge is 0.243 e. The highest BCUT2D eigenvalue weighted by Crippen LogP contribution is 2.38. The Kier molecular flexibility index (Phi) is 6.11. The quantitative estimate of drug-likeness (QED) is 0.617. The molecular formula is C25H35N3O3S. The van der Waals surface area contributed by atoms with Gasteiger partial charge in [0.2, 0.25) is 10.0 Å². The highest BCUT2D eigenvalue weighted by Gasteiger charge is 2.31. The van der Waals surface area contributed by atoms with Crippen LogP contribution in [-0.2, 0) is 15.4 Å². The summed E-state index contributed by atoms with van der Waals surface area (Å²) in [6.07, 6.45) is 2.39. The molecule has 2 fully saturated rings. The van der Waals surface area contributed by atoms with E-state index < -0.39 is 10.0 Å². The lowest BCUT2D eigenvalue weighted by atomic mass is 9.87. The third kappa shape index (κ3) is 4.56. The largest absolute Gasteiger partial charge is 0.345 e. The molecule has 0 unspecified atom stereocenters. The lowest BCUT2D eigenvalue weighted by Gasteiger charge is -2.33. The number of ketones is 1. The van der Waals surface area contributed by atoms with Crippen molar-refractivity contribution in [1.82, 2.24) is 13.8 Å². The molecule has 2 heterocycles. The van der Waals surface area contributed by atoms with Crippen molar-refractivity contribution in [2.24, 2.45) is 0 Å². The summed E-state index contributed by atoms with van der Waals surface area (Å²) in [6, 6.07) is 9.79. The second-order valence-electron chi connectivity index (χ2n) is 10.3. The van der Waals surface area contributed by atoms with Gasteiger partial charge in [0.05, 0.1) is 11.4 Å². The Morgan fingerprint density at radius 2 is 1.59 bits per heavy atom. The first-order valence-corrected chi connectivity index (χ1v) is 13.0. The van der Waals surface area contributed by atoms with Gasteiger partial charge >= 0.3 is 0 Å². The van der Waals surface area contributed by atoms with Gasteiger partial charge in [0, 0.05) is 49.2 Å². The number of hydrogen-bond acceptors (Lipinski definition) is 4. The fraction of sp³-hybridized carbons (Fsp3) is 0.560. The maximum Gasteiger partial charge on any atom is 0.243 e. The van der Waals surface area contributed by atoms with E-state index in [9.17, 15) is 13.2 Å². The highest BCUT2D eigenvalue weighted by atomic mass is 32.2. The second-order valence-corrected chi connectivity index (χ2v) is 12.2. The summed E-state index contributed by atoms with van der Waals surface area (Å²) < 4.78 is 30.0. The van der Waals surface area contributed by atoms with Gasteiger partial charge in [-0.25, -0.2) is 8.42 Å². The fourth-order valence-corrected chi connectivity index (χ4v) is 6.07. The summed E-state index contributed by atoms with van der Waals surface area (Å²) in [5.41, 5.74) is 4.12. The van der Waals surface area contributed by atoms with E-state index in [-0.39, 0.29) is 11.2 Å². The summed E-state index contributed by atoms with van der Waals surface area (Å²) in [5.74, 6) is 0.124. The van der Waals surface area contributed by atoms with E-state index in [4.69, 9.17) is 0 Å². The summed E-state index contributed by atoms with van der Waals surface area (Å²) in [7, 11) is -3.52. The molecule has 0 amide bonds. The van der Waals surface area contributed by atoms with Gasteiger partial charge in [-0.15, -0.1) is 0 Å². The zero-order chi connectivity index (χ0) is 23.3. The van der Waals surface area contributed by atoms with Gasteiger partial charge in [-0.2, -0.15) is 4.31 Å². The fourth-order valence-electron chi connectivity index (χ4n) is 4.65. The minimum atomic E-state index is -3.52. The maximum atomic E-state index is 13.1. The number of rotatable bonds is 6. The number of benzene rings is 1. The topological polar surface area (TPSA) is 62.6 Å². The van der Waals surface area contributed by atoms with Crippen molar-refractivity contribution in [3.8, 4) is 0 Å². The van der Waals surface area contributed by atoms with E-state index in [2.05, 4.69) is 37.2 Å². The molecule has 1 aromatic heterocycles. The Hall–Kier alpha value is -1.96. The molecule has 1 aliphatic heterocycles. The minimum absolute atomic E-state index is 0.0169. The van der Waals surface area contributed by atoms with E-state index in [1.54, 1.807) is 16.4 Å². The highest BCUT2D eigenvalue weighted by molar-refractivity contribution is 7.89. The molecule has 0 radical (unpaired) electrons. The number of carbonyl (C=O) groups excluding carboxylic acids is 1. The first kappa shape index (κ1) is 23.2. The average Bonchev–Trinajstić information content (AvgIpc) is 3.52. The number of aromatic nitrogens is 1. The zero-order valence-corrected chi connectivity index (χ0v) is 20.7. The molecule has 1 aromatic carbocycles. The summed E-state index contributed by atoms with van der Waals surface area (Å²) in [5, 5.41) is 0. The van der Waals surface area contributed by atoms with Gasteiger partial charge in [0.1, 0.15) is 0 Å². The Morgan fingerprint density at radius 1 is 1.00 bits per heavy atom. The van der Waals surface area contributed by atoms with Crippen LogP contribution in [0.3, 0.4) is 0 Å². The van der Waals surface area contributed by atoms with Crippen LogP contribution in [0.1, 0.15) is 67.0 Å². The van der Waals surface area contributed by atoms with Gasteiger partial charge in [-0.1, -0.05) is 32.9 Å². The van der Waals surface area contributed by atoms with Crippen LogP contribution >= 0.6 is 0 Å². The van der Waals surface area contributed by atoms with Crippen molar-refractivity contribution in [3.05, 3.63) is 52.8 Å². The first-order chi connectivity index (χ1) is 15.0. The minimum Gasteiger partial charge on any atom is -0.345 e. The molecular weight excluding hydrogens is 422 g/mol. The lowest BCUT2D eigenvalue weighted by molar-refractivity contribution is 0.0901. The molecule has 1 saturated carbocycles. The van der Waals surface area contributed by atoms with E-state index in [0.717, 1.165) is 22.5 Å². The predicted molar refractivity (Wildman–Crippen MR) is 127 cm³/mol. The second kappa shape index (κ2) is 8.43. The summed E-state index contributed by atoms with van der Waals surface area (Å²) in [6.45, 7) is 12.7. The predicted octanol–water partition coefficient (Wildman–Crippen LogP) is 3.93. The number of sulfonamides is 1. The number of Topliss-reactive ketones (excluding diaryl/α,β-unsaturated/α-hetero) is 1. The Morgan fingerprint density at radius 3 is 2.12 bits per heavy atom. The van der Waals surface area contributed by atoms with Gasteiger partial charge in [-0.05, 0) is 55.9 Å². The molecule has 0 spiro atoms. The van der Waals surface area contributed by atoms with Gasteiger partial charge in [-0.3, -0.25) is 9.69 Å². The summed E-state index contributed by atoms with van der Waals surface area (Å²) >= 11 is 0. The molecule has 4 rings (SSSR count). The molecule has 174 valence electrons. The maximum absolute atomic E-state index is 13.1. The van der Waals surface area contributed by atoms with Crippen LogP contribution in [0.4, 0.5) is 0 Å². The zero-order valence-electron chi connectivity index (χ0n) is 19.9. The van der Waals surface area contributed by atoms with Gasteiger partial charge in [0.25, 0.3) is 0 Å². The number of piperazine rings is 1. The van der Waals surface area contributed by atoms with Crippen molar-refractivity contribution in [3.63, 3.8) is 0 Å². The van der Waals surface area contributed by atoms with Crippen LogP contribution in [0.2, 0.25) is 0 Å². The number of aryl methyl sites for hydroxylation is 1. The first-order valence-electron chi connectivity index (χ1n) is 11.5. The lowest BCUT2D eigenvalue weighted by Crippen LogP contribution is -2.49. The average molecular weight is 458 g/mol. The van der Waals surface area contributed by atoms with Crippen LogP contribution in [-0.4, -0.2) is 60.7 Å². The monoisotopic (exact) mass is 457 g/mol. The van der Waals surface area contributed by atoms with Crippen LogP contribution < -0.4 is 0 Å². The molecule has 0 bridgehead atoms. The van der Waals surface area contributed by atoms with E-state index >= 15 is 0 Å². The third-order valence-electron chi connectivity index (χ3n) is 6.75. The van der Waals surface area contributed by atoms with Crippen LogP contribution in [0, 0.1) is 13.8 Å². The Labute approximate surface area is 192 Å². The molecule has 1 saturated heterocycles. The van der Waals surface area contributed by atoms with Crippen molar-refractivity contribution in [2.75, 3.05) is 32.7 Å². The molecule has 0 N–H and O–H groups in total. The van der Waals surface area contributed by atoms with E-state index in [0.29, 0.717) is 43.7 Å². The van der Waals surface area contributed by atoms with Crippen molar-refractivity contribution >= 4 is 15.8 Å². The van der Waals surface area contributed by atoms with E-state index in [1.807, 2.05) is 25.1 Å². The Bertz CT molecular complexity index is 1100. The number of nitrogens with zero attached hydrogens (tertiary/aromatic N) is 3. The number of carbonyl (C=O) groups is 1. The molecule has 2 aromatic rings. The molecule has 1 aliphatic carbocycles. The molecule has 32 heavy (non-hydrogen) atoms. The Balaban J connectivity index is 1.37. The third-order valence-corrected chi connectivity index (χ3v) is 8.67. The molecule has 0 atom stereocenters. The van der Waals surface area contributed by atoms with Crippen molar-refractivity contribution in [2.45, 2.75) is 63.8 Å². The summed E-state index contributed by atoms with van der Waals surface area (Å²) in [4.78, 5) is 15.4. The van der Waals surface area contributed by atoms with Gasteiger partial charge < -0.3 is 4.57 Å².